The molecule has 0 bridgehead atoms. The van der Waals surface area contributed by atoms with Crippen LogP contribution < -0.4 is 71.6 Å². The minimum Gasteiger partial charge on any atom is -0.481 e. The first-order chi connectivity index (χ1) is 36.1. The van der Waals surface area contributed by atoms with Gasteiger partial charge in [0.15, 0.2) is 5.96 Å². The van der Waals surface area contributed by atoms with Gasteiger partial charge in [-0.1, -0.05) is 0 Å². The Morgan fingerprint density at radius 3 is 1.40 bits per heavy atom. The largest absolute Gasteiger partial charge is 0.481 e. The molecule has 0 saturated carbocycles. The Morgan fingerprint density at radius 1 is 0.519 bits per heavy atom. The predicted octanol–water partition coefficient (Wildman–Crippen LogP) is -7.28. The van der Waals surface area contributed by atoms with Gasteiger partial charge < -0.3 is 96.9 Å². The number of nitrogens with one attached hydrogen (secondary N) is 7. The van der Waals surface area contributed by atoms with E-state index in [1.807, 2.05) is 5.32 Å². The van der Waals surface area contributed by atoms with Gasteiger partial charge in [-0.2, -0.15) is 0 Å². The lowest BCUT2D eigenvalue weighted by molar-refractivity contribution is -0.144. The Balaban J connectivity index is 3.58. The van der Waals surface area contributed by atoms with Crippen LogP contribution in [0.3, 0.4) is 0 Å². The molecule has 1 aliphatic rings. The summed E-state index contributed by atoms with van der Waals surface area (Å²) >= 11 is 0. The lowest BCUT2D eigenvalue weighted by Gasteiger charge is -2.31. The van der Waals surface area contributed by atoms with Crippen molar-refractivity contribution in [3.63, 3.8) is 0 Å². The zero-order valence-electron chi connectivity index (χ0n) is 42.5. The highest BCUT2D eigenvalue weighted by molar-refractivity contribution is 5.99. The number of likely N-dealkylation sites (tertiary alicyclic amines) is 1. The fourth-order valence-electron chi connectivity index (χ4n) is 7.52. The summed E-state index contributed by atoms with van der Waals surface area (Å²) in [4.78, 5) is 184. The molecule has 0 aromatic carbocycles. The molecule has 0 radical (unpaired) electrons. The number of aliphatic carboxylic acids is 4. The van der Waals surface area contributed by atoms with Gasteiger partial charge >= 0.3 is 23.9 Å². The number of amides is 10. The van der Waals surface area contributed by atoms with E-state index in [1.54, 1.807) is 0 Å². The van der Waals surface area contributed by atoms with Crippen molar-refractivity contribution in [2.24, 2.45) is 39.4 Å². The molecule has 23 N–H and O–H groups in total. The van der Waals surface area contributed by atoms with Gasteiger partial charge in [-0.05, 0) is 84.1 Å². The minimum atomic E-state index is -1.90. The summed E-state index contributed by atoms with van der Waals surface area (Å²) in [6.07, 6.45) is -5.29. The Hall–Kier alpha value is -8.23. The number of aliphatic imine (C=N–C) groups is 1. The van der Waals surface area contributed by atoms with Crippen LogP contribution in [0.1, 0.15) is 110 Å². The SMILES string of the molecule is C[C@H](N)C(=O)N[C@@H](CCCCN)C(=O)N[C@@H](CCC(N)=O)C(=O)N[C@@H](CCC(=O)O)C(=O)N1CCC[C@H]1C(=O)N[C@@H](CCC(=O)O)C(=O)N[C@@H](CCCN=C(N)N)C(=O)N[C@@H](CC(N)=O)C(=O)N[C@@H](CCC(=O)O)C(=O)O. The smallest absolute Gasteiger partial charge is 0.326 e. The molecule has 0 aromatic heterocycles. The summed E-state index contributed by atoms with van der Waals surface area (Å²) in [6.45, 7) is 1.32. The Kier molecular flexibility index (Phi) is 29.8. The van der Waals surface area contributed by atoms with Gasteiger partial charge in [-0.15, -0.1) is 0 Å². The molecular formula is C44H73N15O18. The van der Waals surface area contributed by atoms with E-state index in [-0.39, 0.29) is 57.7 Å². The Bertz CT molecular complexity index is 2170. The van der Waals surface area contributed by atoms with Crippen molar-refractivity contribution in [2.75, 3.05) is 19.6 Å². The number of hydrogen-bond acceptors (Lipinski definition) is 17. The molecule has 33 heteroatoms. The number of rotatable bonds is 38. The quantitative estimate of drug-likeness (QED) is 0.0155. The second-order valence-corrected chi connectivity index (χ2v) is 18.0. The fraction of sp³-hybridized carbons (Fsp3) is 0.659. The average molecular weight is 1100 g/mol. The van der Waals surface area contributed by atoms with Crippen molar-refractivity contribution in [2.45, 2.75) is 164 Å². The molecule has 33 nitrogen and oxygen atoms in total. The number of guanidine groups is 1. The molecule has 0 aromatic rings. The molecule has 1 saturated heterocycles. The van der Waals surface area contributed by atoms with E-state index in [9.17, 15) is 82.4 Å². The van der Waals surface area contributed by atoms with Crippen LogP contribution in [0.4, 0.5) is 0 Å². The molecule has 0 unspecified atom stereocenters. The molecule has 77 heavy (non-hydrogen) atoms. The summed E-state index contributed by atoms with van der Waals surface area (Å²) < 4.78 is 0. The summed E-state index contributed by atoms with van der Waals surface area (Å²) in [5.41, 5.74) is 32.7. The zero-order valence-corrected chi connectivity index (χ0v) is 42.5. The number of carbonyl (C=O) groups excluding carboxylic acids is 10. The van der Waals surface area contributed by atoms with Crippen molar-refractivity contribution in [1.82, 2.24) is 42.1 Å². The number of carbonyl (C=O) groups is 14. The second kappa shape index (κ2) is 34.4. The van der Waals surface area contributed by atoms with Crippen LogP contribution in [-0.2, 0) is 67.1 Å². The van der Waals surface area contributed by atoms with E-state index < -0.39 is 195 Å². The van der Waals surface area contributed by atoms with Crippen molar-refractivity contribution < 1.29 is 87.5 Å². The maximum Gasteiger partial charge on any atom is 0.326 e. The van der Waals surface area contributed by atoms with Crippen molar-refractivity contribution in [1.29, 1.82) is 0 Å². The van der Waals surface area contributed by atoms with Crippen LogP contribution in [0, 0.1) is 0 Å². The number of hydrogen-bond donors (Lipinski definition) is 17. The van der Waals surface area contributed by atoms with Gasteiger partial charge in [0.2, 0.25) is 59.1 Å². The molecular weight excluding hydrogens is 1030 g/mol. The summed E-state index contributed by atoms with van der Waals surface area (Å²) in [5, 5.41) is 53.9. The van der Waals surface area contributed by atoms with Crippen LogP contribution in [0.25, 0.3) is 0 Å². The second-order valence-electron chi connectivity index (χ2n) is 18.0. The monoisotopic (exact) mass is 1100 g/mol. The maximum absolute atomic E-state index is 14.3. The number of carboxylic acid groups (broad SMARTS) is 4. The molecule has 1 aliphatic heterocycles. The van der Waals surface area contributed by atoms with Crippen LogP contribution in [0.15, 0.2) is 4.99 Å². The third-order valence-electron chi connectivity index (χ3n) is 11.6. The minimum absolute atomic E-state index is 0.0515. The van der Waals surface area contributed by atoms with Crippen LogP contribution in [0.2, 0.25) is 0 Å². The molecule has 10 amide bonds. The van der Waals surface area contributed by atoms with Gasteiger partial charge in [-0.3, -0.25) is 67.3 Å². The van der Waals surface area contributed by atoms with Gasteiger partial charge in [0, 0.05) is 38.8 Å². The van der Waals surface area contributed by atoms with E-state index in [0.29, 0.717) is 12.8 Å². The first-order valence-corrected chi connectivity index (χ1v) is 24.5. The molecule has 9 atom stereocenters. The number of primary amides is 2. The van der Waals surface area contributed by atoms with E-state index in [4.69, 9.17) is 39.5 Å². The average Bonchev–Trinajstić information content (AvgIpc) is 3.84. The molecule has 432 valence electrons. The molecule has 0 aliphatic carbocycles. The van der Waals surface area contributed by atoms with Crippen LogP contribution in [-0.4, -0.2) is 188 Å². The third kappa shape index (κ3) is 26.2. The van der Waals surface area contributed by atoms with E-state index >= 15 is 0 Å². The summed E-state index contributed by atoms with van der Waals surface area (Å²) in [7, 11) is 0. The molecule has 1 heterocycles. The van der Waals surface area contributed by atoms with E-state index in [0.717, 1.165) is 4.90 Å². The van der Waals surface area contributed by atoms with Crippen molar-refractivity contribution >= 4 is 88.9 Å². The third-order valence-corrected chi connectivity index (χ3v) is 11.6. The maximum atomic E-state index is 14.3. The Morgan fingerprint density at radius 2 is 0.935 bits per heavy atom. The lowest BCUT2D eigenvalue weighted by Crippen LogP contribution is -2.60. The molecule has 1 rings (SSSR count). The van der Waals surface area contributed by atoms with Gasteiger partial charge in [0.1, 0.15) is 48.3 Å². The molecule has 0 spiro atoms. The topological polar surface area (TPSA) is 576 Å². The van der Waals surface area contributed by atoms with Gasteiger partial charge in [0.25, 0.3) is 0 Å². The molecule has 1 fully saturated rings. The first-order valence-electron chi connectivity index (χ1n) is 24.5. The normalized spacial score (nSPS) is 15.9. The van der Waals surface area contributed by atoms with Crippen molar-refractivity contribution in [3.05, 3.63) is 0 Å². The predicted molar refractivity (Wildman–Crippen MR) is 265 cm³/mol. The summed E-state index contributed by atoms with van der Waals surface area (Å²) in [6, 6.07) is -14.2. The standard InChI is InChI=1S/C44H73N15O18/c1-21(46)35(68)52-22(6-2-3-17-45)36(69)54-24(9-13-30(47)60)39(72)56-26(11-15-33(64)65)42(75)59-19-5-8-29(59)41(74)55-25(10-14-32(62)63)38(71)53-23(7-4-18-51-44(49)50)37(70)58-28(20-31(48)61)40(73)57-27(43(76)77)12-16-34(66)67/h21-29H,2-20,45-46H2,1H3,(H2,47,60)(H2,48,61)(H,52,68)(H,53,71)(H,54,69)(H,55,74)(H,56,72)(H,57,73)(H,58,70)(H,62,63)(H,64,65)(H,66,67)(H,76,77)(H4,49,50,51)/t21-,22-,23-,24-,25-,26-,27-,28-,29-/m0/s1. The fourth-order valence-corrected chi connectivity index (χ4v) is 7.52. The number of nitrogens with two attached hydrogens (primary N) is 6. The summed E-state index contributed by atoms with van der Waals surface area (Å²) in [5.74, 6) is -16.7. The number of carboxylic acids is 4. The van der Waals surface area contributed by atoms with E-state index in [2.05, 4.69) is 36.9 Å². The first kappa shape index (κ1) is 66.8. The van der Waals surface area contributed by atoms with Crippen LogP contribution in [0.5, 0.6) is 0 Å². The highest BCUT2D eigenvalue weighted by Crippen LogP contribution is 2.21. The van der Waals surface area contributed by atoms with Crippen LogP contribution >= 0.6 is 0 Å². The van der Waals surface area contributed by atoms with Gasteiger partial charge in [-0.25, -0.2) is 4.79 Å². The van der Waals surface area contributed by atoms with Gasteiger partial charge in [0.05, 0.1) is 12.5 Å². The lowest BCUT2D eigenvalue weighted by atomic mass is 10.0. The van der Waals surface area contributed by atoms with E-state index in [1.165, 1.54) is 6.92 Å². The number of unbranched alkanes of at least 4 members (excludes halogenated alkanes) is 1. The highest BCUT2D eigenvalue weighted by Gasteiger charge is 2.41. The van der Waals surface area contributed by atoms with Crippen molar-refractivity contribution in [3.8, 4) is 0 Å². The highest BCUT2D eigenvalue weighted by atomic mass is 16.4. The number of nitrogens with zero attached hydrogens (tertiary/aromatic N) is 2. The Labute approximate surface area is 440 Å². The zero-order chi connectivity index (χ0) is 58.5.